The second kappa shape index (κ2) is 18.0. The van der Waals surface area contributed by atoms with E-state index in [0.717, 1.165) is 26.2 Å². The number of nitrogens with zero attached hydrogens (tertiary/aromatic N) is 3. The number of epoxide rings is 1. The third-order valence-electron chi connectivity index (χ3n) is 5.49. The molecule has 0 spiro atoms. The molecule has 3 rings (SSSR count). The number of esters is 2. The Bertz CT molecular complexity index is 810. The van der Waals surface area contributed by atoms with Crippen molar-refractivity contribution < 1.29 is 48.0 Å². The van der Waals surface area contributed by atoms with E-state index < -0.39 is 17.7 Å². The zero-order valence-electron chi connectivity index (χ0n) is 25.2. The summed E-state index contributed by atoms with van der Waals surface area (Å²) in [6.45, 7) is 17.3. The van der Waals surface area contributed by atoms with E-state index in [0.29, 0.717) is 32.8 Å². The molecule has 240 valence electrons. The molecule has 0 aromatic heterocycles. The molecule has 0 aliphatic carbocycles. The fraction of sp³-hybridized carbons (Fsp3) is 0.852. The normalized spacial score (nSPS) is 19.5. The van der Waals surface area contributed by atoms with E-state index >= 15 is 0 Å². The minimum atomic E-state index is -1.15. The van der Waals surface area contributed by atoms with Gasteiger partial charge in [0.05, 0.1) is 20.8 Å². The SMILES string of the molecule is C.CC(C)(C)OC(=O)N1CCNCC1.COC(=O)C(O)CN1CCN(C(=O)OC(C)(C)C)CC1.COC(=O)C1CO1. The van der Waals surface area contributed by atoms with Gasteiger partial charge >= 0.3 is 24.1 Å². The molecule has 2 amide bonds. The highest BCUT2D eigenvalue weighted by atomic mass is 16.6. The van der Waals surface area contributed by atoms with Crippen molar-refractivity contribution in [1.29, 1.82) is 0 Å². The quantitative estimate of drug-likeness (QED) is 0.272. The first-order chi connectivity index (χ1) is 18.6. The molecule has 2 unspecified atom stereocenters. The summed E-state index contributed by atoms with van der Waals surface area (Å²) in [7, 11) is 2.59. The van der Waals surface area contributed by atoms with E-state index in [1.807, 2.05) is 46.4 Å². The van der Waals surface area contributed by atoms with Gasteiger partial charge in [0, 0.05) is 58.9 Å². The lowest BCUT2D eigenvalue weighted by Gasteiger charge is -2.35. The number of aliphatic hydroxyl groups excluding tert-OH is 1. The van der Waals surface area contributed by atoms with Crippen molar-refractivity contribution in [2.45, 2.75) is 72.4 Å². The van der Waals surface area contributed by atoms with Crippen LogP contribution in [0.25, 0.3) is 0 Å². The number of ether oxygens (including phenoxy) is 5. The van der Waals surface area contributed by atoms with Crippen molar-refractivity contribution in [2.24, 2.45) is 0 Å². The van der Waals surface area contributed by atoms with Gasteiger partial charge in [-0.15, -0.1) is 0 Å². The molecule has 0 radical (unpaired) electrons. The van der Waals surface area contributed by atoms with E-state index in [2.05, 4.69) is 19.5 Å². The molecule has 0 aromatic carbocycles. The summed E-state index contributed by atoms with van der Waals surface area (Å²) < 4.78 is 23.9. The van der Waals surface area contributed by atoms with Crippen LogP contribution in [0.4, 0.5) is 9.59 Å². The second-order valence-corrected chi connectivity index (χ2v) is 11.4. The summed E-state index contributed by atoms with van der Waals surface area (Å²) >= 11 is 0. The maximum Gasteiger partial charge on any atom is 0.410 e. The molecule has 0 bridgehead atoms. The van der Waals surface area contributed by atoms with Crippen LogP contribution in [-0.2, 0) is 33.3 Å². The van der Waals surface area contributed by atoms with Crippen molar-refractivity contribution in [2.75, 3.05) is 79.7 Å². The van der Waals surface area contributed by atoms with E-state index in [1.54, 1.807) is 9.80 Å². The number of carbonyl (C=O) groups excluding carboxylic acids is 4. The molecule has 3 saturated heterocycles. The summed E-state index contributed by atoms with van der Waals surface area (Å²) in [5.41, 5.74) is -0.892. The molecule has 14 nitrogen and oxygen atoms in total. The van der Waals surface area contributed by atoms with Crippen LogP contribution in [0.2, 0.25) is 0 Å². The molecular weight excluding hydrogens is 540 g/mol. The molecule has 14 heteroatoms. The molecule has 3 heterocycles. The van der Waals surface area contributed by atoms with Crippen molar-refractivity contribution in [3.8, 4) is 0 Å². The highest BCUT2D eigenvalue weighted by molar-refractivity contribution is 5.76. The smallest absolute Gasteiger partial charge is 0.410 e. The van der Waals surface area contributed by atoms with Crippen LogP contribution < -0.4 is 5.32 Å². The number of hydrogen-bond acceptors (Lipinski definition) is 12. The maximum atomic E-state index is 11.9. The number of amides is 2. The number of hydrogen-bond donors (Lipinski definition) is 2. The van der Waals surface area contributed by atoms with Crippen molar-refractivity contribution in [3.05, 3.63) is 0 Å². The predicted octanol–water partition coefficient (Wildman–Crippen LogP) is 1.09. The van der Waals surface area contributed by atoms with Crippen LogP contribution in [0.15, 0.2) is 0 Å². The third kappa shape index (κ3) is 17.0. The lowest BCUT2D eigenvalue weighted by Crippen LogP contribution is -2.52. The van der Waals surface area contributed by atoms with E-state index in [1.165, 1.54) is 14.2 Å². The molecule has 3 aliphatic rings. The van der Waals surface area contributed by atoms with E-state index in [9.17, 15) is 24.3 Å². The third-order valence-corrected chi connectivity index (χ3v) is 5.49. The monoisotopic (exact) mass is 592 g/mol. The topological polar surface area (TPSA) is 160 Å². The van der Waals surface area contributed by atoms with Gasteiger partial charge in [-0.1, -0.05) is 7.43 Å². The largest absolute Gasteiger partial charge is 0.467 e. The summed E-state index contributed by atoms with van der Waals surface area (Å²) in [5.74, 6) is -0.903. The van der Waals surface area contributed by atoms with E-state index in [4.69, 9.17) is 9.47 Å². The van der Waals surface area contributed by atoms with Gasteiger partial charge in [0.25, 0.3) is 0 Å². The average molecular weight is 593 g/mol. The molecule has 2 N–H and O–H groups in total. The Morgan fingerprint density at radius 3 is 1.61 bits per heavy atom. The molecule has 0 aromatic rings. The van der Waals surface area contributed by atoms with Crippen LogP contribution in [-0.4, -0.2) is 147 Å². The molecule has 0 saturated carbocycles. The van der Waals surface area contributed by atoms with Crippen LogP contribution in [0.3, 0.4) is 0 Å². The van der Waals surface area contributed by atoms with Crippen molar-refractivity contribution >= 4 is 24.1 Å². The Kier molecular flexibility index (Phi) is 16.8. The molecule has 2 atom stereocenters. The maximum absolute atomic E-state index is 11.9. The van der Waals surface area contributed by atoms with Gasteiger partial charge in [-0.05, 0) is 41.5 Å². The highest BCUT2D eigenvalue weighted by Crippen LogP contribution is 2.13. The fourth-order valence-electron chi connectivity index (χ4n) is 3.38. The summed E-state index contributed by atoms with van der Waals surface area (Å²) in [6, 6.07) is 0. The Morgan fingerprint density at radius 2 is 1.27 bits per heavy atom. The lowest BCUT2D eigenvalue weighted by molar-refractivity contribution is -0.151. The minimum absolute atomic E-state index is 0. The summed E-state index contributed by atoms with van der Waals surface area (Å²) in [4.78, 5) is 50.0. The fourth-order valence-corrected chi connectivity index (χ4v) is 3.38. The zero-order valence-corrected chi connectivity index (χ0v) is 25.2. The van der Waals surface area contributed by atoms with Gasteiger partial charge in [0.1, 0.15) is 11.2 Å². The van der Waals surface area contributed by atoms with Gasteiger partial charge in [-0.25, -0.2) is 19.2 Å². The van der Waals surface area contributed by atoms with Crippen molar-refractivity contribution in [1.82, 2.24) is 20.0 Å². The lowest BCUT2D eigenvalue weighted by atomic mass is 10.2. The van der Waals surface area contributed by atoms with Crippen LogP contribution in [0, 0.1) is 0 Å². The Hall–Kier alpha value is -2.68. The first-order valence-corrected chi connectivity index (χ1v) is 13.4. The van der Waals surface area contributed by atoms with Crippen LogP contribution >= 0.6 is 0 Å². The minimum Gasteiger partial charge on any atom is -0.467 e. The second-order valence-electron chi connectivity index (χ2n) is 11.4. The summed E-state index contributed by atoms with van der Waals surface area (Å²) in [5, 5.41) is 12.8. The Morgan fingerprint density at radius 1 is 0.829 bits per heavy atom. The molecule has 41 heavy (non-hydrogen) atoms. The zero-order chi connectivity index (χ0) is 30.5. The van der Waals surface area contributed by atoms with Crippen LogP contribution in [0.1, 0.15) is 49.0 Å². The number of carbonyl (C=O) groups is 4. The standard InChI is InChI=1S/C13H24N2O5.C9H18N2O2.C4H6O3.CH4/c1-13(2,3)20-12(18)15-7-5-14(6-8-15)9-10(16)11(17)19-4;1-9(2,3)13-8(12)11-6-4-10-5-7-11;1-6-4(5)3-2-7-3;/h10,16H,5-9H2,1-4H3;10H,4-7H2,1-3H3;3H,2H2,1H3;1H4. The van der Waals surface area contributed by atoms with Gasteiger partial charge in [0.15, 0.2) is 12.2 Å². The predicted molar refractivity (Wildman–Crippen MR) is 151 cm³/mol. The summed E-state index contributed by atoms with van der Waals surface area (Å²) in [6.07, 6.45) is -1.92. The number of nitrogens with one attached hydrogen (secondary N) is 1. The number of rotatable bonds is 4. The molecule has 3 aliphatic heterocycles. The molecule has 3 fully saturated rings. The average Bonchev–Trinajstić information content (AvgIpc) is 3.73. The Balaban J connectivity index is 0.000000649. The Labute approximate surface area is 244 Å². The van der Waals surface area contributed by atoms with Gasteiger partial charge < -0.3 is 43.9 Å². The van der Waals surface area contributed by atoms with Gasteiger partial charge in [0.2, 0.25) is 0 Å². The number of β-amino-alcohol motifs (C(OH)–C–C–N with tert-alkyl or cyclic N) is 1. The van der Waals surface area contributed by atoms with Crippen molar-refractivity contribution in [3.63, 3.8) is 0 Å². The first kappa shape index (κ1) is 38.3. The highest BCUT2D eigenvalue weighted by Gasteiger charge is 2.32. The number of methoxy groups -OCH3 is 2. The van der Waals surface area contributed by atoms with Crippen LogP contribution in [0.5, 0.6) is 0 Å². The van der Waals surface area contributed by atoms with E-state index in [-0.39, 0.29) is 43.8 Å². The van der Waals surface area contributed by atoms with Gasteiger partial charge in [-0.2, -0.15) is 0 Å². The first-order valence-electron chi connectivity index (χ1n) is 13.4. The van der Waals surface area contributed by atoms with Gasteiger partial charge in [-0.3, -0.25) is 4.90 Å². The molecular formula is C27H52N4O10. The number of aliphatic hydroxyl groups is 1. The number of piperazine rings is 2.